The van der Waals surface area contributed by atoms with Gasteiger partial charge in [-0.05, 0) is 48.9 Å². The number of nitrogens with one attached hydrogen (secondary N) is 1. The van der Waals surface area contributed by atoms with Gasteiger partial charge in [0, 0.05) is 6.20 Å². The van der Waals surface area contributed by atoms with Crippen molar-refractivity contribution in [3.63, 3.8) is 0 Å². The van der Waals surface area contributed by atoms with Gasteiger partial charge in [-0.25, -0.2) is 9.67 Å². The quantitative estimate of drug-likeness (QED) is 0.614. The Morgan fingerprint density at radius 2 is 2.03 bits per heavy atom. The molecule has 0 saturated heterocycles. The third-order valence-corrected chi connectivity index (χ3v) is 4.05. The van der Waals surface area contributed by atoms with Gasteiger partial charge in [-0.15, -0.1) is 13.2 Å². The molecule has 0 bridgehead atoms. The number of amides is 1. The normalized spacial score (nSPS) is 12.6. The lowest BCUT2D eigenvalue weighted by molar-refractivity contribution is -0.274. The molecule has 1 atom stereocenters. The highest BCUT2D eigenvalue weighted by molar-refractivity contribution is 5.88. The molecule has 2 N–H and O–H groups in total. The van der Waals surface area contributed by atoms with Crippen molar-refractivity contribution < 1.29 is 27.8 Å². The fourth-order valence-electron chi connectivity index (χ4n) is 2.82. The summed E-state index contributed by atoms with van der Waals surface area (Å²) in [6.45, 7) is 5.02. The summed E-state index contributed by atoms with van der Waals surface area (Å²) in [7, 11) is 0. The van der Waals surface area contributed by atoms with E-state index in [4.69, 9.17) is 0 Å². The van der Waals surface area contributed by atoms with E-state index in [-0.39, 0.29) is 12.3 Å². The first-order valence-electron chi connectivity index (χ1n) is 8.50. The number of benzene rings is 1. The number of aliphatic hydroxyl groups is 1. The van der Waals surface area contributed by atoms with E-state index in [0.29, 0.717) is 28.0 Å². The minimum absolute atomic E-state index is 0.0506. The molecule has 0 aliphatic heterocycles. The van der Waals surface area contributed by atoms with Gasteiger partial charge in [0.2, 0.25) is 5.91 Å². The highest BCUT2D eigenvalue weighted by Crippen LogP contribution is 2.29. The Hall–Kier alpha value is -3.40. The maximum atomic E-state index is 12.4. The van der Waals surface area contributed by atoms with E-state index < -0.39 is 18.4 Å². The van der Waals surface area contributed by atoms with Crippen LogP contribution in [0.3, 0.4) is 0 Å². The van der Waals surface area contributed by atoms with Crippen molar-refractivity contribution in [2.45, 2.75) is 25.9 Å². The molecule has 10 heteroatoms. The van der Waals surface area contributed by atoms with Gasteiger partial charge in [0.05, 0.1) is 29.4 Å². The number of fused-ring (bicyclic) bond motifs is 1. The van der Waals surface area contributed by atoms with Crippen LogP contribution in [0.2, 0.25) is 0 Å². The van der Waals surface area contributed by atoms with Gasteiger partial charge in [0.15, 0.2) is 5.65 Å². The van der Waals surface area contributed by atoms with Crippen LogP contribution in [-0.2, 0) is 11.3 Å². The predicted octanol–water partition coefficient (Wildman–Crippen LogP) is 3.17. The molecule has 0 spiro atoms. The van der Waals surface area contributed by atoms with Crippen molar-refractivity contribution in [3.05, 3.63) is 60.4 Å². The zero-order valence-corrected chi connectivity index (χ0v) is 15.3. The molecular formula is C19H17F3N4O3. The minimum Gasteiger partial charge on any atom is -0.406 e. The van der Waals surface area contributed by atoms with Crippen LogP contribution in [0.4, 0.5) is 13.2 Å². The average molecular weight is 406 g/mol. The predicted molar refractivity (Wildman–Crippen MR) is 98.2 cm³/mol. The molecule has 0 aliphatic rings. The molecule has 2 aromatic heterocycles. The summed E-state index contributed by atoms with van der Waals surface area (Å²) in [4.78, 5) is 15.8. The first kappa shape index (κ1) is 20.3. The zero-order chi connectivity index (χ0) is 21.2. The lowest BCUT2D eigenvalue weighted by Crippen LogP contribution is -2.20. The van der Waals surface area contributed by atoms with Gasteiger partial charge >= 0.3 is 6.36 Å². The summed E-state index contributed by atoms with van der Waals surface area (Å²) in [6.07, 6.45) is -3.00. The minimum atomic E-state index is -4.79. The number of halogens is 3. The fourth-order valence-corrected chi connectivity index (χ4v) is 2.82. The van der Waals surface area contributed by atoms with Crippen molar-refractivity contribution in [3.8, 4) is 11.4 Å². The number of carbonyl (C=O) groups is 1. The number of aliphatic hydroxyl groups excluding tert-OH is 1. The van der Waals surface area contributed by atoms with E-state index in [9.17, 15) is 23.1 Å². The Labute approximate surface area is 163 Å². The molecule has 29 heavy (non-hydrogen) atoms. The molecule has 1 amide bonds. The van der Waals surface area contributed by atoms with Gasteiger partial charge in [0.1, 0.15) is 5.75 Å². The zero-order valence-electron chi connectivity index (χ0n) is 15.3. The number of hydrogen-bond donors (Lipinski definition) is 2. The molecule has 1 unspecified atom stereocenters. The monoisotopic (exact) mass is 406 g/mol. The number of ether oxygens (including phenoxy) is 1. The summed E-state index contributed by atoms with van der Waals surface area (Å²) >= 11 is 0. The van der Waals surface area contributed by atoms with Crippen LogP contribution >= 0.6 is 0 Å². The first-order valence-corrected chi connectivity index (χ1v) is 8.50. The highest BCUT2D eigenvalue weighted by atomic mass is 19.4. The van der Waals surface area contributed by atoms with Crippen LogP contribution in [0, 0.1) is 0 Å². The Morgan fingerprint density at radius 1 is 1.34 bits per heavy atom. The van der Waals surface area contributed by atoms with Crippen LogP contribution in [0.15, 0.2) is 49.2 Å². The molecule has 7 nitrogen and oxygen atoms in total. The number of alkyl halides is 3. The van der Waals surface area contributed by atoms with E-state index in [1.165, 1.54) is 23.0 Å². The summed E-state index contributed by atoms with van der Waals surface area (Å²) in [5.74, 6) is -0.766. The van der Waals surface area contributed by atoms with E-state index in [0.717, 1.165) is 18.2 Å². The molecule has 0 saturated carbocycles. The largest absolute Gasteiger partial charge is 0.573 e. The molecular weight excluding hydrogens is 389 g/mol. The fraction of sp³-hybridized carbons (Fsp3) is 0.211. The van der Waals surface area contributed by atoms with Crippen molar-refractivity contribution in [2.24, 2.45) is 0 Å². The maximum absolute atomic E-state index is 12.4. The Morgan fingerprint density at radius 3 is 2.62 bits per heavy atom. The molecule has 3 aromatic rings. The summed E-state index contributed by atoms with van der Waals surface area (Å²) in [5.41, 5.74) is 1.81. The van der Waals surface area contributed by atoms with E-state index in [1.807, 2.05) is 0 Å². The van der Waals surface area contributed by atoms with Crippen molar-refractivity contribution >= 4 is 16.9 Å². The smallest absolute Gasteiger partial charge is 0.406 e. The number of hydrogen-bond acceptors (Lipinski definition) is 5. The number of nitrogens with zero attached hydrogens (tertiary/aromatic N) is 3. The SMILES string of the molecule is C=CC(=O)NCc1nn(-c2ccc(OC(F)(F)F)cc2)c2nccc(C(C)O)c12. The van der Waals surface area contributed by atoms with E-state index in [2.05, 4.69) is 26.7 Å². The maximum Gasteiger partial charge on any atom is 0.573 e. The van der Waals surface area contributed by atoms with Crippen molar-refractivity contribution in [2.75, 3.05) is 0 Å². The second kappa shape index (κ2) is 7.92. The second-order valence-corrected chi connectivity index (χ2v) is 6.10. The molecule has 152 valence electrons. The van der Waals surface area contributed by atoms with Crippen LogP contribution in [0.1, 0.15) is 24.3 Å². The van der Waals surface area contributed by atoms with Gasteiger partial charge in [-0.1, -0.05) is 6.58 Å². The highest BCUT2D eigenvalue weighted by Gasteiger charge is 2.31. The average Bonchev–Trinajstić information content (AvgIpc) is 3.04. The first-order chi connectivity index (χ1) is 13.7. The molecule has 1 aromatic carbocycles. The van der Waals surface area contributed by atoms with Crippen molar-refractivity contribution in [1.82, 2.24) is 20.1 Å². The molecule has 2 heterocycles. The third-order valence-electron chi connectivity index (χ3n) is 4.05. The van der Waals surface area contributed by atoms with Crippen LogP contribution in [-0.4, -0.2) is 32.1 Å². The lowest BCUT2D eigenvalue weighted by Gasteiger charge is -2.10. The summed E-state index contributed by atoms with van der Waals surface area (Å²) in [5, 5.41) is 17.7. The molecule has 0 aliphatic carbocycles. The Kier molecular flexibility index (Phi) is 5.55. The topological polar surface area (TPSA) is 89.3 Å². The Bertz CT molecular complexity index is 1040. The van der Waals surface area contributed by atoms with Gasteiger partial charge < -0.3 is 15.2 Å². The molecule has 0 radical (unpaired) electrons. The van der Waals surface area contributed by atoms with Crippen molar-refractivity contribution in [1.29, 1.82) is 0 Å². The number of aromatic nitrogens is 3. The van der Waals surface area contributed by atoms with Gasteiger partial charge in [0.25, 0.3) is 0 Å². The van der Waals surface area contributed by atoms with Crippen LogP contribution < -0.4 is 10.1 Å². The molecule has 3 rings (SSSR count). The molecule has 0 fully saturated rings. The lowest BCUT2D eigenvalue weighted by atomic mass is 10.1. The second-order valence-electron chi connectivity index (χ2n) is 6.10. The Balaban J connectivity index is 2.07. The third kappa shape index (κ3) is 4.54. The van der Waals surface area contributed by atoms with E-state index >= 15 is 0 Å². The van der Waals surface area contributed by atoms with Crippen LogP contribution in [0.25, 0.3) is 16.7 Å². The van der Waals surface area contributed by atoms with Gasteiger partial charge in [-0.3, -0.25) is 4.79 Å². The standard InChI is InChI=1S/C19H17F3N4O3/c1-3-16(28)24-10-15-17-14(11(2)27)8-9-23-18(17)26(25-15)12-4-6-13(7-5-12)29-19(20,21)22/h3-9,11,27H,1,10H2,2H3,(H,24,28). The van der Waals surface area contributed by atoms with Gasteiger partial charge in [-0.2, -0.15) is 5.10 Å². The van der Waals surface area contributed by atoms with Crippen LogP contribution in [0.5, 0.6) is 5.75 Å². The number of carbonyl (C=O) groups excluding carboxylic acids is 1. The summed E-state index contributed by atoms with van der Waals surface area (Å²) < 4.78 is 42.4. The number of rotatable bonds is 6. The summed E-state index contributed by atoms with van der Waals surface area (Å²) in [6, 6.07) is 6.76. The number of pyridine rings is 1. The van der Waals surface area contributed by atoms with E-state index in [1.54, 1.807) is 13.0 Å².